The standard InChI is InChI=1S/C21H18ClF3N4O3S2/c22-14-5-12-8-26-2-1-11(12)6-15(14)28-20-27-9-13(21(23,24)25)19(29-20)16-7-18-17(33-16)10-32-3-4-34(18,30)31/h5-7,9,26H,1-4,8,10H2,(H,27,28,29). The number of sulfone groups is 1. The van der Waals surface area contributed by atoms with E-state index in [9.17, 15) is 21.6 Å². The molecule has 0 bridgehead atoms. The van der Waals surface area contributed by atoms with Crippen molar-refractivity contribution in [2.75, 3.05) is 24.2 Å². The molecule has 7 nitrogen and oxygen atoms in total. The smallest absolute Gasteiger partial charge is 0.375 e. The number of halogens is 4. The fourth-order valence-corrected chi connectivity index (χ4v) is 6.96. The van der Waals surface area contributed by atoms with Gasteiger partial charge in [-0.1, -0.05) is 11.6 Å². The van der Waals surface area contributed by atoms with Crippen LogP contribution in [0.5, 0.6) is 0 Å². The fraction of sp³-hybridized carbons (Fsp3) is 0.333. The lowest BCUT2D eigenvalue weighted by Gasteiger charge is -2.19. The minimum absolute atomic E-state index is 0.0103. The zero-order chi connectivity index (χ0) is 24.1. The second kappa shape index (κ2) is 8.76. The molecule has 0 amide bonds. The average Bonchev–Trinajstić information content (AvgIpc) is 3.16. The summed E-state index contributed by atoms with van der Waals surface area (Å²) in [5.74, 6) is -0.313. The number of rotatable bonds is 3. The van der Waals surface area contributed by atoms with Crippen LogP contribution in [0.15, 0.2) is 29.3 Å². The summed E-state index contributed by atoms with van der Waals surface area (Å²) in [6, 6.07) is 4.89. The van der Waals surface area contributed by atoms with Crippen LogP contribution in [0.3, 0.4) is 0 Å². The highest BCUT2D eigenvalue weighted by Gasteiger charge is 2.37. The van der Waals surface area contributed by atoms with Gasteiger partial charge in [-0.25, -0.2) is 18.4 Å². The van der Waals surface area contributed by atoms with Gasteiger partial charge < -0.3 is 15.4 Å². The number of hydrogen-bond donors (Lipinski definition) is 2. The van der Waals surface area contributed by atoms with Crippen LogP contribution >= 0.6 is 22.9 Å². The van der Waals surface area contributed by atoms with Gasteiger partial charge in [0.05, 0.1) is 45.1 Å². The summed E-state index contributed by atoms with van der Waals surface area (Å²) >= 11 is 7.30. The molecule has 3 aromatic rings. The fourth-order valence-electron chi connectivity index (χ4n) is 3.89. The Morgan fingerprint density at radius 1 is 1.21 bits per heavy atom. The lowest BCUT2D eigenvalue weighted by atomic mass is 10.0. The van der Waals surface area contributed by atoms with Gasteiger partial charge >= 0.3 is 6.18 Å². The lowest BCUT2D eigenvalue weighted by Crippen LogP contribution is -2.23. The quantitative estimate of drug-likeness (QED) is 0.512. The number of alkyl halides is 3. The number of nitrogens with one attached hydrogen (secondary N) is 2. The Hall–Kier alpha value is -2.25. The van der Waals surface area contributed by atoms with Crippen molar-refractivity contribution in [1.29, 1.82) is 0 Å². The van der Waals surface area contributed by atoms with E-state index in [-0.39, 0.29) is 34.7 Å². The van der Waals surface area contributed by atoms with Gasteiger partial charge in [-0.3, -0.25) is 0 Å². The number of aromatic nitrogens is 2. The molecule has 0 atom stereocenters. The molecule has 0 aliphatic carbocycles. The van der Waals surface area contributed by atoms with E-state index >= 15 is 0 Å². The van der Waals surface area contributed by atoms with Crippen molar-refractivity contribution in [2.24, 2.45) is 0 Å². The summed E-state index contributed by atoms with van der Waals surface area (Å²) in [6.07, 6.45) is -3.25. The third-order valence-electron chi connectivity index (χ3n) is 5.58. The van der Waals surface area contributed by atoms with Crippen LogP contribution in [0.4, 0.5) is 24.8 Å². The summed E-state index contributed by atoms with van der Waals surface area (Å²) in [6.45, 7) is 1.54. The number of fused-ring (bicyclic) bond motifs is 2. The lowest BCUT2D eigenvalue weighted by molar-refractivity contribution is -0.137. The first-order valence-electron chi connectivity index (χ1n) is 10.3. The number of nitrogens with zero attached hydrogens (tertiary/aromatic N) is 2. The van der Waals surface area contributed by atoms with Crippen LogP contribution in [-0.2, 0) is 40.3 Å². The summed E-state index contributed by atoms with van der Waals surface area (Å²) < 4.78 is 71.7. The van der Waals surface area contributed by atoms with E-state index in [1.54, 1.807) is 6.07 Å². The molecule has 0 fully saturated rings. The van der Waals surface area contributed by atoms with E-state index in [4.69, 9.17) is 16.3 Å². The number of anilines is 2. The highest BCUT2D eigenvalue weighted by molar-refractivity contribution is 7.91. The number of benzene rings is 1. The highest BCUT2D eigenvalue weighted by atomic mass is 35.5. The number of thiophene rings is 1. The highest BCUT2D eigenvalue weighted by Crippen LogP contribution is 2.42. The maximum absolute atomic E-state index is 13.8. The molecular weight excluding hydrogens is 513 g/mol. The van der Waals surface area contributed by atoms with Gasteiger partial charge in [-0.05, 0) is 42.3 Å². The topological polar surface area (TPSA) is 93.2 Å². The van der Waals surface area contributed by atoms with E-state index in [1.807, 2.05) is 6.07 Å². The van der Waals surface area contributed by atoms with Crippen LogP contribution in [0.2, 0.25) is 5.02 Å². The molecule has 4 heterocycles. The molecular formula is C21H18ClF3N4O3S2. The SMILES string of the molecule is O=S1(=O)CCOCc2sc(-c3nc(Nc4cc5c(cc4Cl)CNCC5)ncc3C(F)(F)F)cc21. The van der Waals surface area contributed by atoms with Gasteiger partial charge in [-0.2, -0.15) is 13.2 Å². The van der Waals surface area contributed by atoms with E-state index in [0.29, 0.717) is 28.3 Å². The number of ether oxygens (including phenoxy) is 1. The van der Waals surface area contributed by atoms with Crippen molar-refractivity contribution >= 4 is 44.4 Å². The third kappa shape index (κ3) is 4.52. The molecule has 2 aromatic heterocycles. The maximum atomic E-state index is 13.8. The molecule has 0 saturated heterocycles. The van der Waals surface area contributed by atoms with Gasteiger partial charge in [0.25, 0.3) is 0 Å². The first-order valence-corrected chi connectivity index (χ1v) is 13.1. The van der Waals surface area contributed by atoms with Crippen LogP contribution < -0.4 is 10.6 Å². The molecule has 5 rings (SSSR count). The molecule has 0 unspecified atom stereocenters. The molecule has 0 radical (unpaired) electrons. The van der Waals surface area contributed by atoms with Crippen LogP contribution in [0, 0.1) is 0 Å². The predicted octanol–water partition coefficient (Wildman–Crippen LogP) is 4.57. The van der Waals surface area contributed by atoms with Crippen molar-refractivity contribution in [3.8, 4) is 10.6 Å². The van der Waals surface area contributed by atoms with E-state index in [0.717, 1.165) is 35.4 Å². The van der Waals surface area contributed by atoms with E-state index < -0.39 is 27.3 Å². The Morgan fingerprint density at radius 2 is 2.03 bits per heavy atom. The van der Waals surface area contributed by atoms with Crippen molar-refractivity contribution in [3.05, 3.63) is 51.0 Å². The zero-order valence-corrected chi connectivity index (χ0v) is 19.9. The molecule has 180 valence electrons. The monoisotopic (exact) mass is 530 g/mol. The molecule has 0 saturated carbocycles. The minimum Gasteiger partial charge on any atom is -0.375 e. The van der Waals surface area contributed by atoms with Crippen LogP contribution in [0.1, 0.15) is 21.6 Å². The summed E-state index contributed by atoms with van der Waals surface area (Å²) in [4.78, 5) is 8.39. The van der Waals surface area contributed by atoms with Gasteiger partial charge in [0.2, 0.25) is 5.95 Å². The van der Waals surface area contributed by atoms with Crippen molar-refractivity contribution in [1.82, 2.24) is 15.3 Å². The summed E-state index contributed by atoms with van der Waals surface area (Å²) in [5.41, 5.74) is 1.14. The van der Waals surface area contributed by atoms with Crippen molar-refractivity contribution in [2.45, 2.75) is 30.6 Å². The van der Waals surface area contributed by atoms with Crippen LogP contribution in [-0.4, -0.2) is 37.3 Å². The maximum Gasteiger partial charge on any atom is 0.420 e. The average molecular weight is 531 g/mol. The molecule has 0 spiro atoms. The second-order valence-electron chi connectivity index (χ2n) is 7.88. The Morgan fingerprint density at radius 3 is 2.82 bits per heavy atom. The molecule has 1 aromatic carbocycles. The van der Waals surface area contributed by atoms with Crippen LogP contribution in [0.25, 0.3) is 10.6 Å². The predicted molar refractivity (Wildman–Crippen MR) is 122 cm³/mol. The van der Waals surface area contributed by atoms with Gasteiger partial charge in [0, 0.05) is 17.6 Å². The first kappa shape index (κ1) is 23.5. The van der Waals surface area contributed by atoms with E-state index in [1.165, 1.54) is 6.07 Å². The van der Waals surface area contributed by atoms with Gasteiger partial charge in [-0.15, -0.1) is 11.3 Å². The Bertz CT molecular complexity index is 1380. The third-order valence-corrected chi connectivity index (χ3v) is 8.88. The Labute approximate surface area is 202 Å². The minimum atomic E-state index is -4.74. The number of hydrogen-bond acceptors (Lipinski definition) is 8. The van der Waals surface area contributed by atoms with Gasteiger partial charge in [0.15, 0.2) is 9.84 Å². The molecule has 2 aliphatic rings. The largest absolute Gasteiger partial charge is 0.420 e. The molecule has 2 aliphatic heterocycles. The van der Waals surface area contributed by atoms with E-state index in [2.05, 4.69) is 20.6 Å². The van der Waals surface area contributed by atoms with Gasteiger partial charge in [0.1, 0.15) is 5.56 Å². The van der Waals surface area contributed by atoms with Crippen molar-refractivity contribution < 1.29 is 26.3 Å². The first-order chi connectivity index (χ1) is 16.1. The summed E-state index contributed by atoms with van der Waals surface area (Å²) in [7, 11) is -3.66. The normalized spacial score (nSPS) is 17.5. The zero-order valence-electron chi connectivity index (χ0n) is 17.5. The second-order valence-corrected chi connectivity index (χ2v) is 11.5. The molecule has 34 heavy (non-hydrogen) atoms. The summed E-state index contributed by atoms with van der Waals surface area (Å²) in [5, 5.41) is 6.56. The molecule has 2 N–H and O–H groups in total. The Kier molecular flexibility index (Phi) is 6.05. The van der Waals surface area contributed by atoms with Crippen molar-refractivity contribution in [3.63, 3.8) is 0 Å². The molecule has 13 heteroatoms. The Balaban J connectivity index is 1.57.